The van der Waals surface area contributed by atoms with Crippen molar-refractivity contribution in [3.63, 3.8) is 0 Å². The van der Waals surface area contributed by atoms with Crippen molar-refractivity contribution in [2.24, 2.45) is 10.9 Å². The second-order valence-electron chi connectivity index (χ2n) is 6.59. The summed E-state index contributed by atoms with van der Waals surface area (Å²) in [5, 5.41) is 11.4. The van der Waals surface area contributed by atoms with Gasteiger partial charge in [0, 0.05) is 18.5 Å². The SMILES string of the molecule is CC(C)(C)OC(=O)N1CC[C@H](Oc2ccc(C(N)=NO)cc2F)C1. The first-order valence-corrected chi connectivity index (χ1v) is 7.61. The summed E-state index contributed by atoms with van der Waals surface area (Å²) in [7, 11) is 0. The molecule has 2 rings (SSSR count). The summed E-state index contributed by atoms with van der Waals surface area (Å²) in [5.41, 5.74) is 5.10. The summed E-state index contributed by atoms with van der Waals surface area (Å²) < 4.78 is 25.0. The number of hydrogen-bond donors (Lipinski definition) is 2. The number of nitrogens with two attached hydrogens (primary N) is 1. The smallest absolute Gasteiger partial charge is 0.410 e. The van der Waals surface area contributed by atoms with Crippen LogP contribution in [0, 0.1) is 5.82 Å². The van der Waals surface area contributed by atoms with Crippen LogP contribution in [0.2, 0.25) is 0 Å². The van der Waals surface area contributed by atoms with Gasteiger partial charge in [0.15, 0.2) is 17.4 Å². The minimum atomic E-state index is -0.616. The Morgan fingerprint density at radius 3 is 2.75 bits per heavy atom. The van der Waals surface area contributed by atoms with Crippen LogP contribution in [0.4, 0.5) is 9.18 Å². The molecule has 1 aromatic rings. The van der Waals surface area contributed by atoms with Crippen molar-refractivity contribution in [3.8, 4) is 5.75 Å². The van der Waals surface area contributed by atoms with Crippen molar-refractivity contribution in [1.29, 1.82) is 0 Å². The summed E-state index contributed by atoms with van der Waals surface area (Å²) >= 11 is 0. The Bertz CT molecular complexity index is 643. The molecule has 8 heteroatoms. The molecule has 3 N–H and O–H groups in total. The standard InChI is InChI=1S/C16H22FN3O4/c1-16(2,3)24-15(21)20-7-6-11(9-20)23-13-5-4-10(8-12(13)17)14(18)19-22/h4-5,8,11,22H,6-7,9H2,1-3H3,(H2,18,19)/t11-/m0/s1. The van der Waals surface area contributed by atoms with E-state index in [-0.39, 0.29) is 23.3 Å². The van der Waals surface area contributed by atoms with Gasteiger partial charge in [0.2, 0.25) is 0 Å². The molecule has 1 heterocycles. The normalized spacial score (nSPS) is 18.6. The van der Waals surface area contributed by atoms with E-state index >= 15 is 0 Å². The van der Waals surface area contributed by atoms with Crippen LogP contribution in [0.5, 0.6) is 5.75 Å². The number of hydrogen-bond acceptors (Lipinski definition) is 5. The highest BCUT2D eigenvalue weighted by Crippen LogP contribution is 2.23. The molecule has 1 amide bonds. The van der Waals surface area contributed by atoms with Crippen molar-refractivity contribution >= 4 is 11.9 Å². The lowest BCUT2D eigenvalue weighted by atomic mass is 10.2. The first-order valence-electron chi connectivity index (χ1n) is 7.61. The summed E-state index contributed by atoms with van der Waals surface area (Å²) in [6.45, 7) is 6.22. The third-order valence-electron chi connectivity index (χ3n) is 3.43. The number of oxime groups is 1. The van der Waals surface area contributed by atoms with Crippen LogP contribution in [0.3, 0.4) is 0 Å². The fraction of sp³-hybridized carbons (Fsp3) is 0.500. The molecule has 132 valence electrons. The number of rotatable bonds is 3. The molecule has 0 unspecified atom stereocenters. The van der Waals surface area contributed by atoms with E-state index in [4.69, 9.17) is 20.4 Å². The number of halogens is 1. The van der Waals surface area contributed by atoms with Gasteiger partial charge >= 0.3 is 6.09 Å². The zero-order chi connectivity index (χ0) is 17.9. The molecule has 0 spiro atoms. The average Bonchev–Trinajstić information content (AvgIpc) is 2.95. The fourth-order valence-corrected chi connectivity index (χ4v) is 2.31. The van der Waals surface area contributed by atoms with Crippen LogP contribution in [-0.4, -0.2) is 46.8 Å². The van der Waals surface area contributed by atoms with E-state index < -0.39 is 17.5 Å². The van der Waals surface area contributed by atoms with E-state index in [2.05, 4.69) is 5.16 Å². The summed E-state index contributed by atoms with van der Waals surface area (Å²) in [4.78, 5) is 13.5. The topological polar surface area (TPSA) is 97.4 Å². The molecular weight excluding hydrogens is 317 g/mol. The Kier molecular flexibility index (Phi) is 5.16. The van der Waals surface area contributed by atoms with E-state index in [0.29, 0.717) is 19.5 Å². The predicted octanol–water partition coefficient (Wildman–Crippen LogP) is 2.31. The van der Waals surface area contributed by atoms with Gasteiger partial charge in [0.25, 0.3) is 0 Å². The molecule has 0 saturated carbocycles. The first-order chi connectivity index (χ1) is 11.2. The zero-order valence-corrected chi connectivity index (χ0v) is 14.0. The molecule has 0 aliphatic carbocycles. The van der Waals surface area contributed by atoms with Gasteiger partial charge in [-0.1, -0.05) is 5.16 Å². The van der Waals surface area contributed by atoms with E-state index in [1.807, 2.05) is 0 Å². The lowest BCUT2D eigenvalue weighted by Crippen LogP contribution is -2.36. The van der Waals surface area contributed by atoms with Gasteiger partial charge in [-0.05, 0) is 39.0 Å². The third-order valence-corrected chi connectivity index (χ3v) is 3.43. The maximum Gasteiger partial charge on any atom is 0.410 e. The average molecular weight is 339 g/mol. The van der Waals surface area contributed by atoms with E-state index in [0.717, 1.165) is 6.07 Å². The van der Waals surface area contributed by atoms with E-state index in [9.17, 15) is 9.18 Å². The molecule has 1 fully saturated rings. The fourth-order valence-electron chi connectivity index (χ4n) is 2.31. The highest BCUT2D eigenvalue weighted by atomic mass is 19.1. The molecule has 7 nitrogen and oxygen atoms in total. The largest absolute Gasteiger partial charge is 0.485 e. The number of amides is 1. The number of nitrogens with zero attached hydrogens (tertiary/aromatic N) is 2. The number of likely N-dealkylation sites (tertiary alicyclic amines) is 1. The molecule has 1 aliphatic heterocycles. The first kappa shape index (κ1) is 17.8. The van der Waals surface area contributed by atoms with E-state index in [1.54, 1.807) is 25.7 Å². The Morgan fingerprint density at radius 1 is 1.46 bits per heavy atom. The molecular formula is C16H22FN3O4. The van der Waals surface area contributed by atoms with Crippen LogP contribution >= 0.6 is 0 Å². The van der Waals surface area contributed by atoms with Gasteiger partial charge in [-0.2, -0.15) is 0 Å². The molecule has 0 bridgehead atoms. The van der Waals surface area contributed by atoms with Gasteiger partial charge < -0.3 is 25.3 Å². The van der Waals surface area contributed by atoms with Crippen LogP contribution < -0.4 is 10.5 Å². The van der Waals surface area contributed by atoms with Gasteiger partial charge in [0.1, 0.15) is 11.7 Å². The molecule has 0 radical (unpaired) electrons. The summed E-state index contributed by atoms with van der Waals surface area (Å²) in [6.07, 6.45) is -0.140. The zero-order valence-electron chi connectivity index (χ0n) is 14.0. The minimum absolute atomic E-state index is 0.0560. The second kappa shape index (κ2) is 6.94. The second-order valence-corrected chi connectivity index (χ2v) is 6.59. The molecule has 1 aliphatic rings. The molecule has 1 aromatic carbocycles. The maximum absolute atomic E-state index is 14.1. The van der Waals surface area contributed by atoms with E-state index in [1.165, 1.54) is 12.1 Å². The monoisotopic (exact) mass is 339 g/mol. The minimum Gasteiger partial charge on any atom is -0.485 e. The number of amidine groups is 1. The molecule has 1 saturated heterocycles. The summed E-state index contributed by atoms with van der Waals surface area (Å²) in [6, 6.07) is 4.04. The maximum atomic E-state index is 14.1. The predicted molar refractivity (Wildman–Crippen MR) is 85.8 cm³/mol. The molecule has 0 aromatic heterocycles. The van der Waals surface area contributed by atoms with Crippen LogP contribution in [0.15, 0.2) is 23.4 Å². The third kappa shape index (κ3) is 4.50. The van der Waals surface area contributed by atoms with Crippen LogP contribution in [-0.2, 0) is 4.74 Å². The van der Waals surface area contributed by atoms with Crippen molar-refractivity contribution < 1.29 is 23.9 Å². The number of ether oxygens (including phenoxy) is 2. The molecule has 1 atom stereocenters. The molecule has 24 heavy (non-hydrogen) atoms. The highest BCUT2D eigenvalue weighted by molar-refractivity contribution is 5.97. The van der Waals surface area contributed by atoms with Gasteiger partial charge in [-0.3, -0.25) is 0 Å². The van der Waals surface area contributed by atoms with Crippen molar-refractivity contribution in [3.05, 3.63) is 29.6 Å². The number of carbonyl (C=O) groups excluding carboxylic acids is 1. The highest BCUT2D eigenvalue weighted by Gasteiger charge is 2.31. The van der Waals surface area contributed by atoms with Gasteiger partial charge in [-0.25, -0.2) is 9.18 Å². The van der Waals surface area contributed by atoms with Crippen LogP contribution in [0.25, 0.3) is 0 Å². The summed E-state index contributed by atoms with van der Waals surface area (Å²) in [5.74, 6) is -0.743. The Hall–Kier alpha value is -2.51. The van der Waals surface area contributed by atoms with Gasteiger partial charge in [0.05, 0.1) is 6.54 Å². The van der Waals surface area contributed by atoms with Gasteiger partial charge in [-0.15, -0.1) is 0 Å². The Balaban J connectivity index is 1.97. The van der Waals surface area contributed by atoms with Crippen molar-refractivity contribution in [2.75, 3.05) is 13.1 Å². The number of carbonyl (C=O) groups is 1. The Labute approximate surface area is 139 Å². The number of benzene rings is 1. The van der Waals surface area contributed by atoms with Crippen LogP contribution in [0.1, 0.15) is 32.8 Å². The van der Waals surface area contributed by atoms with Crippen molar-refractivity contribution in [2.45, 2.75) is 38.9 Å². The Morgan fingerprint density at radius 2 is 2.17 bits per heavy atom. The lowest BCUT2D eigenvalue weighted by molar-refractivity contribution is 0.0275. The lowest BCUT2D eigenvalue weighted by Gasteiger charge is -2.24. The van der Waals surface area contributed by atoms with Crippen molar-refractivity contribution in [1.82, 2.24) is 4.90 Å². The quantitative estimate of drug-likeness (QED) is 0.381.